The van der Waals surface area contributed by atoms with Gasteiger partial charge in [0.05, 0.1) is 22.4 Å². The number of hydrogen-bond acceptors (Lipinski definition) is 10. The number of benzene rings is 3. The van der Waals surface area contributed by atoms with Gasteiger partial charge in [-0.3, -0.25) is 29.5 Å². The number of nitro groups is 1. The average molecular weight is 835 g/mol. The SMILES string of the molecule is CC1(C)CCC(CN2CCN(c3ccc(C(=O)NSc4ccc(NCC5CCOCC5)c([N+](=O)[O-])c4)c(Oc4cnc5c(c4)C=CC5)c3)CC2)=C(c2ccc(Cl)cc2)C1. The molecular formula is C46H51ClN6O5S. The molecule has 8 rings (SSSR count). The van der Waals surface area contributed by atoms with Crippen LogP contribution >= 0.6 is 23.5 Å². The highest BCUT2D eigenvalue weighted by Gasteiger charge is 2.30. The van der Waals surface area contributed by atoms with Crippen molar-refractivity contribution in [2.45, 2.75) is 57.3 Å². The van der Waals surface area contributed by atoms with Crippen molar-refractivity contribution in [3.63, 3.8) is 0 Å². The van der Waals surface area contributed by atoms with Gasteiger partial charge in [-0.15, -0.1) is 0 Å². The number of carbonyl (C=O) groups is 1. The molecule has 0 spiro atoms. The fourth-order valence-corrected chi connectivity index (χ4v) is 9.16. The van der Waals surface area contributed by atoms with Crippen molar-refractivity contribution >= 4 is 58.2 Å². The monoisotopic (exact) mass is 834 g/mol. The number of carbonyl (C=O) groups excluding carboxylic acids is 1. The molecule has 0 saturated carbocycles. The minimum atomic E-state index is -0.394. The minimum absolute atomic E-state index is 0.0376. The predicted molar refractivity (Wildman–Crippen MR) is 237 cm³/mol. The third kappa shape index (κ3) is 10.1. The molecule has 2 aliphatic heterocycles. The number of piperazine rings is 1. The van der Waals surface area contributed by atoms with Gasteiger partial charge >= 0.3 is 0 Å². The first kappa shape index (κ1) is 40.9. The molecule has 2 saturated heterocycles. The number of fused-ring (bicyclic) bond motifs is 1. The lowest BCUT2D eigenvalue weighted by atomic mass is 9.72. The van der Waals surface area contributed by atoms with Gasteiger partial charge in [-0.25, -0.2) is 0 Å². The number of nitrogens with one attached hydrogen (secondary N) is 2. The summed E-state index contributed by atoms with van der Waals surface area (Å²) >= 11 is 7.29. The Morgan fingerprint density at radius 2 is 1.85 bits per heavy atom. The van der Waals surface area contributed by atoms with Crippen molar-refractivity contribution in [1.29, 1.82) is 0 Å². The van der Waals surface area contributed by atoms with Crippen LogP contribution < -0.4 is 19.7 Å². The first-order chi connectivity index (χ1) is 28.6. The molecule has 0 bridgehead atoms. The smallest absolute Gasteiger partial charge is 0.293 e. The number of allylic oxidation sites excluding steroid dienone is 2. The van der Waals surface area contributed by atoms with E-state index in [4.69, 9.17) is 21.1 Å². The van der Waals surface area contributed by atoms with Crippen LogP contribution in [0.4, 0.5) is 17.1 Å². The topological polar surface area (TPSA) is 122 Å². The van der Waals surface area contributed by atoms with Gasteiger partial charge in [0.1, 0.15) is 17.2 Å². The Morgan fingerprint density at radius 1 is 1.05 bits per heavy atom. The molecule has 2 N–H and O–H groups in total. The van der Waals surface area contributed by atoms with Crippen molar-refractivity contribution in [3.8, 4) is 11.5 Å². The van der Waals surface area contributed by atoms with Crippen LogP contribution in [0.25, 0.3) is 11.6 Å². The summed E-state index contributed by atoms with van der Waals surface area (Å²) in [5.74, 6) is 0.979. The molecule has 0 atom stereocenters. The number of pyridine rings is 1. The Balaban J connectivity index is 0.964. The summed E-state index contributed by atoms with van der Waals surface area (Å²) in [6, 6.07) is 20.9. The standard InChI is InChI=1S/C46H51ClN6O5S/c1-46(2)17-14-34(40(27-46)32-6-8-35(47)9-7-32)30-51-18-20-52(21-19-51)36-10-12-39(44(25-36)58-37-24-33-4-3-5-41(33)49-29-37)45(54)50-59-38-11-13-42(43(26-38)53(55)56)48-28-31-15-22-57-23-16-31/h3-4,6-13,24-26,29,31,48H,5,14-23,27-28,30H2,1-2H3,(H,50,54). The van der Waals surface area contributed by atoms with E-state index in [0.717, 1.165) is 98.7 Å². The van der Waals surface area contributed by atoms with Crippen molar-refractivity contribution in [1.82, 2.24) is 14.6 Å². The molecule has 59 heavy (non-hydrogen) atoms. The first-order valence-corrected chi connectivity index (χ1v) is 21.8. The van der Waals surface area contributed by atoms with Gasteiger partial charge in [-0.05, 0) is 115 Å². The number of rotatable bonds is 13. The van der Waals surface area contributed by atoms with Gasteiger partial charge in [-0.2, -0.15) is 0 Å². The fraction of sp³-hybridized carbons (Fsp3) is 0.391. The maximum absolute atomic E-state index is 13.9. The molecule has 13 heteroatoms. The van der Waals surface area contributed by atoms with Crippen molar-refractivity contribution in [2.75, 3.05) is 62.7 Å². The number of hydrogen-bond donors (Lipinski definition) is 2. The maximum atomic E-state index is 13.9. The summed E-state index contributed by atoms with van der Waals surface area (Å²) in [6.07, 6.45) is 11.8. The number of amides is 1. The molecule has 2 aliphatic carbocycles. The van der Waals surface area contributed by atoms with Crippen LogP contribution in [0.5, 0.6) is 11.5 Å². The zero-order chi connectivity index (χ0) is 40.9. The predicted octanol–water partition coefficient (Wildman–Crippen LogP) is 10.1. The number of nitro benzene ring substituents is 1. The lowest BCUT2D eigenvalue weighted by Crippen LogP contribution is -2.47. The highest BCUT2D eigenvalue weighted by atomic mass is 35.5. The summed E-state index contributed by atoms with van der Waals surface area (Å²) in [6.45, 7) is 11.2. The van der Waals surface area contributed by atoms with E-state index in [1.54, 1.807) is 24.4 Å². The molecule has 0 radical (unpaired) electrons. The van der Waals surface area contributed by atoms with E-state index in [0.29, 0.717) is 53.3 Å². The number of ether oxygens (including phenoxy) is 2. The highest BCUT2D eigenvalue weighted by Crippen LogP contribution is 2.43. The van der Waals surface area contributed by atoms with E-state index in [1.165, 1.54) is 29.2 Å². The Hall–Kier alpha value is -4.88. The van der Waals surface area contributed by atoms with Crippen LogP contribution in [0.1, 0.15) is 73.1 Å². The molecule has 1 amide bonds. The summed E-state index contributed by atoms with van der Waals surface area (Å²) in [5.41, 5.74) is 8.25. The van der Waals surface area contributed by atoms with Gasteiger partial charge in [0.2, 0.25) is 0 Å². The van der Waals surface area contributed by atoms with Gasteiger partial charge in [0.25, 0.3) is 11.6 Å². The number of nitrogens with zero attached hydrogens (tertiary/aromatic N) is 4. The maximum Gasteiger partial charge on any atom is 0.293 e. The zero-order valence-electron chi connectivity index (χ0n) is 33.7. The van der Waals surface area contributed by atoms with E-state index in [-0.39, 0.29) is 17.0 Å². The van der Waals surface area contributed by atoms with E-state index in [9.17, 15) is 14.9 Å². The third-order valence-corrected chi connectivity index (χ3v) is 12.9. The van der Waals surface area contributed by atoms with Crippen LogP contribution in [0.3, 0.4) is 0 Å². The summed E-state index contributed by atoms with van der Waals surface area (Å²) in [7, 11) is 0. The Morgan fingerprint density at radius 3 is 2.63 bits per heavy atom. The van der Waals surface area contributed by atoms with E-state index >= 15 is 0 Å². The Kier molecular flexibility index (Phi) is 12.6. The Bertz CT molecular complexity index is 2250. The fourth-order valence-electron chi connectivity index (χ4n) is 8.40. The highest BCUT2D eigenvalue weighted by molar-refractivity contribution is 7.98. The Labute approximate surface area is 355 Å². The van der Waals surface area contributed by atoms with Gasteiger partial charge in [0, 0.05) is 86.6 Å². The molecule has 1 aromatic heterocycles. The summed E-state index contributed by atoms with van der Waals surface area (Å²) < 4.78 is 14.8. The molecule has 4 aliphatic rings. The number of anilines is 2. The molecule has 3 heterocycles. The molecule has 3 aromatic carbocycles. The van der Waals surface area contributed by atoms with Crippen LogP contribution in [-0.4, -0.2) is 73.2 Å². The van der Waals surface area contributed by atoms with Crippen LogP contribution in [0.2, 0.25) is 5.02 Å². The molecule has 0 unspecified atom stereocenters. The van der Waals surface area contributed by atoms with E-state index in [1.807, 2.05) is 36.4 Å². The minimum Gasteiger partial charge on any atom is -0.455 e. The van der Waals surface area contributed by atoms with Gasteiger partial charge < -0.3 is 19.7 Å². The molecule has 4 aromatic rings. The van der Waals surface area contributed by atoms with E-state index < -0.39 is 4.92 Å². The number of aromatic nitrogens is 1. The molecular weight excluding hydrogens is 784 g/mol. The van der Waals surface area contributed by atoms with Crippen LogP contribution in [0.15, 0.2) is 89.5 Å². The molecule has 2 fully saturated rings. The van der Waals surface area contributed by atoms with Crippen molar-refractivity contribution in [3.05, 3.63) is 122 Å². The number of halogens is 1. The molecule has 11 nitrogen and oxygen atoms in total. The second-order valence-electron chi connectivity index (χ2n) is 16.7. The zero-order valence-corrected chi connectivity index (χ0v) is 35.2. The lowest BCUT2D eigenvalue weighted by molar-refractivity contribution is -0.384. The summed E-state index contributed by atoms with van der Waals surface area (Å²) in [4.78, 5) is 35.6. The van der Waals surface area contributed by atoms with Crippen LogP contribution in [0, 0.1) is 21.4 Å². The van der Waals surface area contributed by atoms with Crippen molar-refractivity contribution in [2.24, 2.45) is 11.3 Å². The average Bonchev–Trinajstić information content (AvgIpc) is 3.72. The largest absolute Gasteiger partial charge is 0.455 e. The second kappa shape index (κ2) is 18.2. The molecule has 308 valence electrons. The second-order valence-corrected chi connectivity index (χ2v) is 18.0. The quantitative estimate of drug-likeness (QED) is 0.0765. The lowest BCUT2D eigenvalue weighted by Gasteiger charge is -2.39. The van der Waals surface area contributed by atoms with Gasteiger partial charge in [0.15, 0.2) is 0 Å². The van der Waals surface area contributed by atoms with Crippen LogP contribution in [-0.2, 0) is 11.2 Å². The van der Waals surface area contributed by atoms with Gasteiger partial charge in [-0.1, -0.05) is 55.3 Å². The first-order valence-electron chi connectivity index (χ1n) is 20.6. The third-order valence-electron chi connectivity index (χ3n) is 11.9. The normalized spacial score (nSPS) is 18.1. The van der Waals surface area contributed by atoms with Crippen molar-refractivity contribution < 1.29 is 19.2 Å². The summed E-state index contributed by atoms with van der Waals surface area (Å²) in [5, 5.41) is 16.1. The van der Waals surface area contributed by atoms with E-state index in [2.05, 4.69) is 56.9 Å².